The summed E-state index contributed by atoms with van der Waals surface area (Å²) in [7, 11) is 0. The van der Waals surface area contributed by atoms with Crippen LogP contribution in [0.2, 0.25) is 0 Å². The number of aliphatic hydroxyl groups is 1. The fraction of sp³-hybridized carbons (Fsp3) is 0.350. The number of rotatable bonds is 10. The van der Waals surface area contributed by atoms with Gasteiger partial charge in [0.1, 0.15) is 24.3 Å². The van der Waals surface area contributed by atoms with E-state index in [9.17, 15) is 5.11 Å². The number of aliphatic hydroxyl groups excluding tert-OH is 1. The molecule has 1 aromatic carbocycles. The van der Waals surface area contributed by atoms with E-state index >= 15 is 0 Å². The van der Waals surface area contributed by atoms with Gasteiger partial charge in [0, 0.05) is 19.3 Å². The molecule has 2 heterocycles. The average Bonchev–Trinajstić information content (AvgIpc) is 3.12. The van der Waals surface area contributed by atoms with E-state index in [0.29, 0.717) is 12.1 Å². The fourth-order valence-corrected chi connectivity index (χ4v) is 2.81. The van der Waals surface area contributed by atoms with Gasteiger partial charge in [0.15, 0.2) is 0 Å². The fourth-order valence-electron chi connectivity index (χ4n) is 2.81. The Bertz CT molecular complexity index is 903. The van der Waals surface area contributed by atoms with Crippen molar-refractivity contribution in [1.29, 1.82) is 5.26 Å². The average molecular weight is 365 g/mol. The van der Waals surface area contributed by atoms with Gasteiger partial charge in [-0.1, -0.05) is 12.1 Å². The number of para-hydroxylation sites is 2. The van der Waals surface area contributed by atoms with E-state index < -0.39 is 6.10 Å². The van der Waals surface area contributed by atoms with Gasteiger partial charge in [0.05, 0.1) is 17.4 Å². The van der Waals surface area contributed by atoms with E-state index in [1.54, 1.807) is 18.3 Å². The van der Waals surface area contributed by atoms with Crippen LogP contribution in [0.4, 0.5) is 0 Å². The Labute approximate surface area is 158 Å². The molecular formula is C20H23N5O2. The van der Waals surface area contributed by atoms with Gasteiger partial charge in [-0.3, -0.25) is 0 Å². The zero-order valence-corrected chi connectivity index (χ0v) is 15.1. The van der Waals surface area contributed by atoms with Gasteiger partial charge in [-0.25, -0.2) is 9.97 Å². The van der Waals surface area contributed by atoms with Crippen LogP contribution in [-0.4, -0.2) is 45.4 Å². The first-order chi connectivity index (χ1) is 13.3. The SMILES string of the molecule is N#Cc1cccnc1OCC(O)CNCCCCn1cnc2ccccc21. The summed E-state index contributed by atoms with van der Waals surface area (Å²) < 4.78 is 7.59. The minimum Gasteiger partial charge on any atom is -0.474 e. The van der Waals surface area contributed by atoms with Gasteiger partial charge in [-0.05, 0) is 43.7 Å². The predicted molar refractivity (Wildman–Crippen MR) is 102 cm³/mol. The summed E-state index contributed by atoms with van der Waals surface area (Å²) in [5.41, 5.74) is 2.54. The molecular weight excluding hydrogens is 342 g/mol. The van der Waals surface area contributed by atoms with Crippen molar-refractivity contribution in [3.05, 3.63) is 54.5 Å². The highest BCUT2D eigenvalue weighted by atomic mass is 16.5. The maximum absolute atomic E-state index is 9.99. The number of aryl methyl sites for hydroxylation is 1. The molecule has 0 amide bonds. The van der Waals surface area contributed by atoms with Crippen molar-refractivity contribution in [3.63, 3.8) is 0 Å². The lowest BCUT2D eigenvalue weighted by Gasteiger charge is -2.13. The summed E-state index contributed by atoms with van der Waals surface area (Å²) in [5, 5.41) is 22.2. The van der Waals surface area contributed by atoms with Crippen molar-refractivity contribution in [3.8, 4) is 11.9 Å². The summed E-state index contributed by atoms with van der Waals surface area (Å²) >= 11 is 0. The van der Waals surface area contributed by atoms with Crippen LogP contribution in [-0.2, 0) is 6.54 Å². The third-order valence-electron chi connectivity index (χ3n) is 4.21. The van der Waals surface area contributed by atoms with Crippen LogP contribution in [0.15, 0.2) is 48.9 Å². The minimum absolute atomic E-state index is 0.0969. The molecule has 1 unspecified atom stereocenters. The molecule has 0 aliphatic rings. The van der Waals surface area contributed by atoms with Crippen molar-refractivity contribution in [2.75, 3.05) is 19.7 Å². The van der Waals surface area contributed by atoms with Crippen molar-refractivity contribution in [2.45, 2.75) is 25.5 Å². The largest absolute Gasteiger partial charge is 0.474 e. The third kappa shape index (κ3) is 5.26. The number of hydrogen-bond acceptors (Lipinski definition) is 6. The number of fused-ring (bicyclic) bond motifs is 1. The van der Waals surface area contributed by atoms with E-state index in [2.05, 4.69) is 25.9 Å². The minimum atomic E-state index is -0.656. The number of nitrogens with one attached hydrogen (secondary N) is 1. The third-order valence-corrected chi connectivity index (χ3v) is 4.21. The maximum Gasteiger partial charge on any atom is 0.231 e. The number of imidazole rings is 1. The van der Waals surface area contributed by atoms with Gasteiger partial charge in [0.2, 0.25) is 5.88 Å². The summed E-state index contributed by atoms with van der Waals surface area (Å²) in [4.78, 5) is 8.39. The molecule has 27 heavy (non-hydrogen) atoms. The Hall–Kier alpha value is -2.95. The molecule has 3 rings (SSSR count). The second kappa shape index (κ2) is 9.67. The lowest BCUT2D eigenvalue weighted by Crippen LogP contribution is -2.32. The molecule has 0 saturated heterocycles. The molecule has 0 saturated carbocycles. The Morgan fingerprint density at radius 3 is 2.96 bits per heavy atom. The summed E-state index contributed by atoms with van der Waals surface area (Å²) in [6, 6.07) is 13.4. The molecule has 140 valence electrons. The van der Waals surface area contributed by atoms with Crippen LogP contribution < -0.4 is 10.1 Å². The topological polar surface area (TPSA) is 96.0 Å². The van der Waals surface area contributed by atoms with E-state index in [1.165, 1.54) is 0 Å². The number of benzene rings is 1. The van der Waals surface area contributed by atoms with E-state index in [1.807, 2.05) is 30.6 Å². The first-order valence-electron chi connectivity index (χ1n) is 9.04. The van der Waals surface area contributed by atoms with Crippen molar-refractivity contribution in [2.24, 2.45) is 0 Å². The lowest BCUT2D eigenvalue weighted by atomic mass is 10.2. The highest BCUT2D eigenvalue weighted by Crippen LogP contribution is 2.13. The molecule has 2 aromatic heterocycles. The molecule has 7 heteroatoms. The monoisotopic (exact) mass is 365 g/mol. The van der Waals surface area contributed by atoms with Gasteiger partial charge in [0.25, 0.3) is 0 Å². The van der Waals surface area contributed by atoms with Crippen LogP contribution in [0, 0.1) is 11.3 Å². The number of ether oxygens (including phenoxy) is 1. The summed E-state index contributed by atoms with van der Waals surface area (Å²) in [6.07, 6.45) is 4.81. The van der Waals surface area contributed by atoms with Crippen molar-refractivity contribution in [1.82, 2.24) is 19.9 Å². The molecule has 2 N–H and O–H groups in total. The smallest absolute Gasteiger partial charge is 0.231 e. The van der Waals surface area contributed by atoms with Crippen LogP contribution >= 0.6 is 0 Å². The number of unbranched alkanes of at least 4 members (excludes halogenated alkanes) is 1. The van der Waals surface area contributed by atoms with Gasteiger partial charge >= 0.3 is 0 Å². The normalized spacial score (nSPS) is 12.0. The first-order valence-corrected chi connectivity index (χ1v) is 9.04. The highest BCUT2D eigenvalue weighted by molar-refractivity contribution is 5.74. The quantitative estimate of drug-likeness (QED) is 0.534. The first kappa shape index (κ1) is 18.8. The lowest BCUT2D eigenvalue weighted by molar-refractivity contribution is 0.104. The molecule has 0 fully saturated rings. The molecule has 0 spiro atoms. The zero-order chi connectivity index (χ0) is 18.9. The molecule has 0 radical (unpaired) electrons. The Kier molecular flexibility index (Phi) is 6.74. The standard InChI is InChI=1S/C20H23N5O2/c21-12-16-6-5-10-23-20(16)27-14-17(26)13-22-9-3-4-11-25-15-24-18-7-1-2-8-19(18)25/h1-2,5-8,10,15,17,22,26H,3-4,9,11,13-14H2. The highest BCUT2D eigenvalue weighted by Gasteiger charge is 2.08. The second-order valence-electron chi connectivity index (χ2n) is 6.27. The van der Waals surface area contributed by atoms with Crippen LogP contribution in [0.1, 0.15) is 18.4 Å². The number of hydrogen-bond donors (Lipinski definition) is 2. The second-order valence-corrected chi connectivity index (χ2v) is 6.27. The van der Waals surface area contributed by atoms with Crippen molar-refractivity contribution >= 4 is 11.0 Å². The number of pyridine rings is 1. The van der Waals surface area contributed by atoms with Gasteiger partial charge in [-0.2, -0.15) is 5.26 Å². The van der Waals surface area contributed by atoms with E-state index in [4.69, 9.17) is 10.00 Å². The predicted octanol–water partition coefficient (Wildman–Crippen LogP) is 2.11. The molecule has 3 aromatic rings. The van der Waals surface area contributed by atoms with Crippen LogP contribution in [0.25, 0.3) is 11.0 Å². The van der Waals surface area contributed by atoms with Crippen LogP contribution in [0.5, 0.6) is 5.88 Å². The van der Waals surface area contributed by atoms with E-state index in [-0.39, 0.29) is 12.5 Å². The van der Waals surface area contributed by atoms with Crippen molar-refractivity contribution < 1.29 is 9.84 Å². The molecule has 0 aliphatic heterocycles. The number of nitriles is 1. The Morgan fingerprint density at radius 2 is 2.07 bits per heavy atom. The van der Waals surface area contributed by atoms with Gasteiger partial charge < -0.3 is 19.7 Å². The molecule has 0 aliphatic carbocycles. The Balaban J connectivity index is 1.30. The number of nitrogens with zero attached hydrogens (tertiary/aromatic N) is 4. The molecule has 1 atom stereocenters. The van der Waals surface area contributed by atoms with Crippen LogP contribution in [0.3, 0.4) is 0 Å². The zero-order valence-electron chi connectivity index (χ0n) is 15.1. The summed E-state index contributed by atoms with van der Waals surface area (Å²) in [6.45, 7) is 2.27. The molecule has 7 nitrogen and oxygen atoms in total. The molecule has 0 bridgehead atoms. The van der Waals surface area contributed by atoms with E-state index in [0.717, 1.165) is 37.0 Å². The Morgan fingerprint density at radius 1 is 1.19 bits per heavy atom. The van der Waals surface area contributed by atoms with Gasteiger partial charge in [-0.15, -0.1) is 0 Å². The number of aromatic nitrogens is 3. The maximum atomic E-state index is 9.99. The summed E-state index contributed by atoms with van der Waals surface area (Å²) in [5.74, 6) is 0.256.